The lowest BCUT2D eigenvalue weighted by atomic mass is 10.1. The monoisotopic (exact) mass is 307 g/mol. The number of benzene rings is 1. The molecule has 0 bridgehead atoms. The summed E-state index contributed by atoms with van der Waals surface area (Å²) in [6.07, 6.45) is 0. The number of hydrogen-bond donors (Lipinski definition) is 2. The summed E-state index contributed by atoms with van der Waals surface area (Å²) in [5, 5.41) is 2.68. The fourth-order valence-electron chi connectivity index (χ4n) is 2.13. The predicted octanol–water partition coefficient (Wildman–Crippen LogP) is 3.66. The summed E-state index contributed by atoms with van der Waals surface area (Å²) in [7, 11) is 0. The number of thiocarbonyl (C=S) groups is 1. The lowest BCUT2D eigenvalue weighted by molar-refractivity contribution is 0.584. The van der Waals surface area contributed by atoms with Crippen LogP contribution in [-0.4, -0.2) is 9.97 Å². The topological polar surface area (TPSA) is 50.9 Å². The minimum Gasteiger partial charge on any atom is -0.389 e. The molecule has 1 aromatic heterocycles. The van der Waals surface area contributed by atoms with Gasteiger partial charge in [-0.3, -0.25) is 0 Å². The van der Waals surface area contributed by atoms with Crippen molar-refractivity contribution in [2.45, 2.75) is 20.8 Å². The molecule has 0 amide bonds. The van der Waals surface area contributed by atoms with Gasteiger partial charge in [-0.1, -0.05) is 18.3 Å². The maximum atomic E-state index is 14.1. The zero-order chi connectivity index (χ0) is 15.7. The summed E-state index contributed by atoms with van der Waals surface area (Å²) in [5.74, 6) is -1.11. The van der Waals surface area contributed by atoms with Gasteiger partial charge >= 0.3 is 0 Å². The lowest BCUT2D eigenvalue weighted by Crippen LogP contribution is -2.16. The number of nitrogens with two attached hydrogens (primary N) is 1. The van der Waals surface area contributed by atoms with Crippen LogP contribution < -0.4 is 11.1 Å². The quantitative estimate of drug-likeness (QED) is 0.850. The standard InChI is InChI=1S/C15H15F2N3S/c1-7-4-5-10(16)13(12(7)17)20-15-11(14(18)21)8(2)6-9(3)19-15/h4-6H,1-3H3,(H2,18,21)(H,19,20). The number of anilines is 2. The Balaban J connectivity index is 2.60. The van der Waals surface area contributed by atoms with Crippen LogP contribution in [0.1, 0.15) is 22.4 Å². The summed E-state index contributed by atoms with van der Waals surface area (Å²) in [5.41, 5.74) is 7.74. The Morgan fingerprint density at radius 2 is 1.86 bits per heavy atom. The maximum Gasteiger partial charge on any atom is 0.152 e. The summed E-state index contributed by atoms with van der Waals surface area (Å²) >= 11 is 5.00. The Morgan fingerprint density at radius 1 is 1.19 bits per heavy atom. The van der Waals surface area contributed by atoms with Gasteiger partial charge in [0.05, 0.1) is 5.56 Å². The molecule has 1 aromatic carbocycles. The molecule has 0 unspecified atom stereocenters. The van der Waals surface area contributed by atoms with Gasteiger partial charge in [0, 0.05) is 5.69 Å². The van der Waals surface area contributed by atoms with E-state index in [-0.39, 0.29) is 16.5 Å². The van der Waals surface area contributed by atoms with Crippen LogP contribution in [0.4, 0.5) is 20.3 Å². The summed E-state index contributed by atoms with van der Waals surface area (Å²) in [6.45, 7) is 5.16. The van der Waals surface area contributed by atoms with E-state index >= 15 is 0 Å². The fourth-order valence-corrected chi connectivity index (χ4v) is 2.39. The van der Waals surface area contributed by atoms with E-state index < -0.39 is 11.6 Å². The van der Waals surface area contributed by atoms with E-state index in [1.807, 2.05) is 13.0 Å². The zero-order valence-corrected chi connectivity index (χ0v) is 12.7. The lowest BCUT2D eigenvalue weighted by Gasteiger charge is -2.15. The first-order chi connectivity index (χ1) is 9.81. The molecule has 0 atom stereocenters. The van der Waals surface area contributed by atoms with E-state index in [0.717, 1.165) is 5.56 Å². The largest absolute Gasteiger partial charge is 0.389 e. The SMILES string of the molecule is Cc1cc(C)c(C(N)=S)c(Nc2c(F)ccc(C)c2F)n1. The van der Waals surface area contributed by atoms with Gasteiger partial charge in [-0.05, 0) is 44.0 Å². The molecule has 3 nitrogen and oxygen atoms in total. The zero-order valence-electron chi connectivity index (χ0n) is 11.9. The molecule has 21 heavy (non-hydrogen) atoms. The van der Waals surface area contributed by atoms with Crippen LogP contribution in [-0.2, 0) is 0 Å². The molecule has 0 aliphatic carbocycles. The van der Waals surface area contributed by atoms with Gasteiger partial charge in [-0.2, -0.15) is 0 Å². The Labute approximate surface area is 127 Å². The third kappa shape index (κ3) is 3.00. The molecule has 110 valence electrons. The van der Waals surface area contributed by atoms with E-state index in [4.69, 9.17) is 18.0 Å². The normalized spacial score (nSPS) is 10.5. The van der Waals surface area contributed by atoms with Gasteiger partial charge in [0.2, 0.25) is 0 Å². The molecule has 2 rings (SSSR count). The Bertz CT molecular complexity index is 729. The molecule has 2 aromatic rings. The minimum atomic E-state index is -0.701. The van der Waals surface area contributed by atoms with Crippen LogP contribution in [0, 0.1) is 32.4 Å². The van der Waals surface area contributed by atoms with Crippen LogP contribution in [0.15, 0.2) is 18.2 Å². The highest BCUT2D eigenvalue weighted by Crippen LogP contribution is 2.28. The van der Waals surface area contributed by atoms with Gasteiger partial charge in [0.1, 0.15) is 22.3 Å². The van der Waals surface area contributed by atoms with E-state index in [2.05, 4.69) is 10.3 Å². The predicted molar refractivity (Wildman–Crippen MR) is 84.0 cm³/mol. The summed E-state index contributed by atoms with van der Waals surface area (Å²) in [4.78, 5) is 4.37. The van der Waals surface area contributed by atoms with E-state index in [1.54, 1.807) is 13.8 Å². The van der Waals surface area contributed by atoms with Crippen LogP contribution in [0.25, 0.3) is 0 Å². The van der Waals surface area contributed by atoms with Crippen LogP contribution in [0.5, 0.6) is 0 Å². The number of aryl methyl sites for hydroxylation is 3. The van der Waals surface area contributed by atoms with Gasteiger partial charge in [0.15, 0.2) is 5.82 Å². The summed E-state index contributed by atoms with van der Waals surface area (Å²) in [6, 6.07) is 4.38. The van der Waals surface area contributed by atoms with Crippen molar-refractivity contribution in [1.29, 1.82) is 0 Å². The Hall–Kier alpha value is -2.08. The molecule has 3 N–H and O–H groups in total. The number of halogens is 2. The minimum absolute atomic E-state index is 0.121. The van der Waals surface area contributed by atoms with Crippen LogP contribution in [0.2, 0.25) is 0 Å². The second-order valence-electron chi connectivity index (χ2n) is 4.85. The van der Waals surface area contributed by atoms with Gasteiger partial charge in [-0.15, -0.1) is 0 Å². The number of rotatable bonds is 3. The van der Waals surface area contributed by atoms with Crippen molar-refractivity contribution in [2.24, 2.45) is 5.73 Å². The van der Waals surface area contributed by atoms with Crippen LogP contribution in [0.3, 0.4) is 0 Å². The number of pyridine rings is 1. The van der Waals surface area contributed by atoms with Crippen molar-refractivity contribution in [3.63, 3.8) is 0 Å². The molecular weight excluding hydrogens is 292 g/mol. The second kappa shape index (κ2) is 5.73. The fraction of sp³-hybridized carbons (Fsp3) is 0.200. The average Bonchev–Trinajstić information content (AvgIpc) is 2.38. The molecule has 0 saturated heterocycles. The van der Waals surface area contributed by atoms with E-state index in [1.165, 1.54) is 12.1 Å². The van der Waals surface area contributed by atoms with Gasteiger partial charge in [-0.25, -0.2) is 13.8 Å². The van der Waals surface area contributed by atoms with Crippen molar-refractivity contribution in [1.82, 2.24) is 4.98 Å². The van der Waals surface area contributed by atoms with Crippen LogP contribution >= 0.6 is 12.2 Å². The molecule has 0 aliphatic rings. The van der Waals surface area contributed by atoms with Crippen molar-refractivity contribution in [3.05, 3.63) is 52.2 Å². The molecule has 0 fully saturated rings. The van der Waals surface area contributed by atoms with Gasteiger partial charge < -0.3 is 11.1 Å². The van der Waals surface area contributed by atoms with Crippen molar-refractivity contribution in [3.8, 4) is 0 Å². The third-order valence-corrected chi connectivity index (χ3v) is 3.32. The molecular formula is C15H15F2N3S. The number of nitrogens with zero attached hydrogens (tertiary/aromatic N) is 1. The number of nitrogens with one attached hydrogen (secondary N) is 1. The first-order valence-electron chi connectivity index (χ1n) is 6.31. The molecule has 6 heteroatoms. The number of aromatic nitrogens is 1. The first-order valence-corrected chi connectivity index (χ1v) is 6.71. The number of hydrogen-bond acceptors (Lipinski definition) is 3. The van der Waals surface area contributed by atoms with E-state index in [0.29, 0.717) is 16.8 Å². The molecule has 0 aliphatic heterocycles. The van der Waals surface area contributed by atoms with Crippen molar-refractivity contribution >= 4 is 28.7 Å². The molecule has 1 heterocycles. The molecule has 0 spiro atoms. The smallest absolute Gasteiger partial charge is 0.152 e. The molecule has 0 saturated carbocycles. The van der Waals surface area contributed by atoms with E-state index in [9.17, 15) is 8.78 Å². The first kappa shape index (κ1) is 15.3. The summed E-state index contributed by atoms with van der Waals surface area (Å²) < 4.78 is 27.9. The molecule has 0 radical (unpaired) electrons. The third-order valence-electron chi connectivity index (χ3n) is 3.12. The highest BCUT2D eigenvalue weighted by molar-refractivity contribution is 7.80. The highest BCUT2D eigenvalue weighted by Gasteiger charge is 2.17. The van der Waals surface area contributed by atoms with Crippen molar-refractivity contribution in [2.75, 3.05) is 5.32 Å². The second-order valence-corrected chi connectivity index (χ2v) is 5.29. The Kier molecular flexibility index (Phi) is 4.18. The van der Waals surface area contributed by atoms with Gasteiger partial charge in [0.25, 0.3) is 0 Å². The van der Waals surface area contributed by atoms with Crippen molar-refractivity contribution < 1.29 is 8.78 Å². The maximum absolute atomic E-state index is 14.1. The Morgan fingerprint density at radius 3 is 2.48 bits per heavy atom. The highest BCUT2D eigenvalue weighted by atomic mass is 32.1. The average molecular weight is 307 g/mol.